The van der Waals surface area contributed by atoms with E-state index in [1.807, 2.05) is 4.90 Å². The third-order valence-electron chi connectivity index (χ3n) is 5.14. The van der Waals surface area contributed by atoms with Crippen molar-refractivity contribution in [2.45, 2.75) is 31.4 Å². The molecule has 2 saturated heterocycles. The molecule has 13 heteroatoms. The lowest BCUT2D eigenvalue weighted by molar-refractivity contribution is -0.384. The Hall–Kier alpha value is -3.48. The number of carbonyl (C=O) groups is 3. The van der Waals surface area contributed by atoms with Crippen molar-refractivity contribution in [3.05, 3.63) is 33.9 Å². The minimum absolute atomic E-state index is 0.0914. The Balaban J connectivity index is 1.67. The highest BCUT2D eigenvalue weighted by Crippen LogP contribution is 2.32. The van der Waals surface area contributed by atoms with Crippen molar-refractivity contribution in [2.24, 2.45) is 16.1 Å². The van der Waals surface area contributed by atoms with Gasteiger partial charge in [-0.25, -0.2) is 0 Å². The molecule has 2 N–H and O–H groups in total. The summed E-state index contributed by atoms with van der Waals surface area (Å²) < 4.78 is 5.06. The van der Waals surface area contributed by atoms with Crippen LogP contribution in [0.2, 0.25) is 0 Å². The number of hydrogen-bond acceptors (Lipinski definition) is 10. The average Bonchev–Trinajstić information content (AvgIpc) is 3.12. The molecule has 1 atom stereocenters. The first kappa shape index (κ1) is 24.2. The van der Waals surface area contributed by atoms with E-state index in [1.165, 1.54) is 12.3 Å². The Kier molecular flexibility index (Phi) is 7.98. The minimum atomic E-state index is -1.09. The third kappa shape index (κ3) is 6.28. The molecule has 0 spiro atoms. The zero-order valence-electron chi connectivity index (χ0n) is 17.8. The maximum Gasteiger partial charge on any atom is 0.309 e. The summed E-state index contributed by atoms with van der Waals surface area (Å²) in [6.07, 6.45) is 2.10. The van der Waals surface area contributed by atoms with Crippen LogP contribution in [0, 0.1) is 16.0 Å². The number of aliphatic carboxylic acids is 1. The fourth-order valence-electron chi connectivity index (χ4n) is 3.54. The molecule has 1 amide bonds. The topological polar surface area (TPSA) is 164 Å². The molecule has 1 aromatic carbocycles. The summed E-state index contributed by atoms with van der Waals surface area (Å²) in [4.78, 5) is 47.5. The number of amidine groups is 1. The molecule has 0 radical (unpaired) electrons. The molecular formula is C20H23N5O7S. The first-order valence-corrected chi connectivity index (χ1v) is 11.2. The van der Waals surface area contributed by atoms with Crippen molar-refractivity contribution in [3.8, 4) is 0 Å². The van der Waals surface area contributed by atoms with Gasteiger partial charge in [0.1, 0.15) is 10.9 Å². The number of nitrogens with zero attached hydrogens (tertiary/aromatic N) is 4. The summed E-state index contributed by atoms with van der Waals surface area (Å²) in [6, 6.07) is 4.67. The summed E-state index contributed by atoms with van der Waals surface area (Å²) in [5.41, 5.74) is 0.805. The van der Waals surface area contributed by atoms with Crippen LogP contribution in [0.4, 0.5) is 11.4 Å². The van der Waals surface area contributed by atoms with Crippen molar-refractivity contribution in [1.29, 1.82) is 0 Å². The molecule has 176 valence electrons. The average molecular weight is 477 g/mol. The van der Waals surface area contributed by atoms with E-state index in [2.05, 4.69) is 15.5 Å². The molecule has 2 heterocycles. The number of nitrogens with one attached hydrogen (secondary N) is 1. The molecule has 2 aliphatic rings. The van der Waals surface area contributed by atoms with Crippen molar-refractivity contribution >= 4 is 52.4 Å². The maximum atomic E-state index is 11.9. The highest BCUT2D eigenvalue weighted by atomic mass is 32.2. The molecule has 2 aliphatic heterocycles. The van der Waals surface area contributed by atoms with Crippen LogP contribution in [-0.4, -0.2) is 64.2 Å². The molecule has 0 aliphatic carbocycles. The predicted octanol–water partition coefficient (Wildman–Crippen LogP) is 1.77. The highest BCUT2D eigenvalue weighted by molar-refractivity contribution is 8.15. The van der Waals surface area contributed by atoms with Crippen LogP contribution in [0.3, 0.4) is 0 Å². The van der Waals surface area contributed by atoms with Gasteiger partial charge in [0.25, 0.3) is 5.69 Å². The zero-order chi connectivity index (χ0) is 24.0. The lowest BCUT2D eigenvalue weighted by Crippen LogP contribution is -2.37. The summed E-state index contributed by atoms with van der Waals surface area (Å²) in [6.45, 7) is 3.08. The molecular weight excluding hydrogens is 454 g/mol. The quantitative estimate of drug-likeness (QED) is 0.246. The fraction of sp³-hybridized carbons (Fsp3) is 0.450. The molecule has 12 nitrogen and oxygen atoms in total. The number of rotatable bonds is 8. The lowest BCUT2D eigenvalue weighted by atomic mass is 9.96. The third-order valence-corrected chi connectivity index (χ3v) is 6.22. The summed E-state index contributed by atoms with van der Waals surface area (Å²) in [5.74, 6) is -1.98. The molecule has 2 fully saturated rings. The Labute approximate surface area is 193 Å². The molecule has 0 aromatic heterocycles. The summed E-state index contributed by atoms with van der Waals surface area (Å²) >= 11 is 0.964. The van der Waals surface area contributed by atoms with Crippen LogP contribution in [-0.2, 0) is 19.1 Å². The number of carboxylic acids is 1. The fourth-order valence-corrected chi connectivity index (χ4v) is 4.46. The van der Waals surface area contributed by atoms with Crippen molar-refractivity contribution in [2.75, 3.05) is 24.6 Å². The number of amides is 1. The lowest BCUT2D eigenvalue weighted by Gasteiger charge is -2.32. The van der Waals surface area contributed by atoms with Gasteiger partial charge in [-0.2, -0.15) is 5.10 Å². The number of anilines is 1. The Bertz CT molecular complexity index is 1000. The summed E-state index contributed by atoms with van der Waals surface area (Å²) in [7, 11) is 0. The van der Waals surface area contributed by atoms with Gasteiger partial charge in [-0.3, -0.25) is 24.5 Å². The number of ether oxygens (including phenoxy) is 1. The first-order chi connectivity index (χ1) is 15.8. The first-order valence-electron chi connectivity index (χ1n) is 10.3. The van der Waals surface area contributed by atoms with Crippen molar-refractivity contribution in [3.63, 3.8) is 0 Å². The van der Waals surface area contributed by atoms with Crippen LogP contribution in [0.1, 0.15) is 31.7 Å². The van der Waals surface area contributed by atoms with E-state index >= 15 is 0 Å². The number of nitro benzene ring substituents is 1. The maximum absolute atomic E-state index is 11.9. The second-order valence-electron chi connectivity index (χ2n) is 7.36. The van der Waals surface area contributed by atoms with Gasteiger partial charge in [0.05, 0.1) is 30.1 Å². The Morgan fingerprint density at radius 1 is 1.39 bits per heavy atom. The number of nitro groups is 1. The van der Waals surface area contributed by atoms with Gasteiger partial charge in [0, 0.05) is 24.7 Å². The predicted molar refractivity (Wildman–Crippen MR) is 121 cm³/mol. The van der Waals surface area contributed by atoms with Gasteiger partial charge in [0.2, 0.25) is 5.91 Å². The molecule has 33 heavy (non-hydrogen) atoms. The van der Waals surface area contributed by atoms with Gasteiger partial charge in [-0.15, -0.1) is 5.10 Å². The van der Waals surface area contributed by atoms with Gasteiger partial charge in [-0.05, 0) is 25.8 Å². The monoisotopic (exact) mass is 477 g/mol. The standard InChI is InChI=1S/C20H23N5O7S/c1-2-32-19(29)13-5-7-24(8-6-13)14-4-3-12(9-15(14)25(30)31)11-21-23-20-22-18(28)16(33-20)10-17(26)27/h3-4,9,11,13,16H,2,5-8,10H2,1H3,(H,26,27)(H,22,23,28). The van der Waals surface area contributed by atoms with E-state index in [-0.39, 0.29) is 29.2 Å². The Morgan fingerprint density at radius 3 is 2.76 bits per heavy atom. The van der Waals surface area contributed by atoms with Gasteiger partial charge in [0.15, 0.2) is 5.17 Å². The number of thioether (sulfide) groups is 1. The minimum Gasteiger partial charge on any atom is -0.481 e. The van der Waals surface area contributed by atoms with E-state index < -0.39 is 22.0 Å². The number of esters is 1. The number of hydrogen-bond donors (Lipinski definition) is 2. The molecule has 1 aromatic rings. The normalized spacial score (nSPS) is 20.3. The summed E-state index contributed by atoms with van der Waals surface area (Å²) in [5, 5.41) is 30.0. The largest absolute Gasteiger partial charge is 0.481 e. The van der Waals surface area contributed by atoms with E-state index in [0.717, 1.165) is 11.8 Å². The van der Waals surface area contributed by atoms with Gasteiger partial charge in [-0.1, -0.05) is 17.8 Å². The van der Waals surface area contributed by atoms with Crippen LogP contribution in [0.5, 0.6) is 0 Å². The van der Waals surface area contributed by atoms with Crippen LogP contribution >= 0.6 is 11.8 Å². The van der Waals surface area contributed by atoms with E-state index in [4.69, 9.17) is 9.84 Å². The number of benzene rings is 1. The molecule has 1 unspecified atom stereocenters. The second kappa shape index (κ2) is 10.9. The number of carboxylic acid groups (broad SMARTS) is 1. The molecule has 0 bridgehead atoms. The zero-order valence-corrected chi connectivity index (χ0v) is 18.6. The smallest absolute Gasteiger partial charge is 0.309 e. The highest BCUT2D eigenvalue weighted by Gasteiger charge is 2.32. The number of carbonyl (C=O) groups excluding carboxylic acids is 2. The van der Waals surface area contributed by atoms with Gasteiger partial charge >= 0.3 is 11.9 Å². The Morgan fingerprint density at radius 2 is 2.12 bits per heavy atom. The molecule has 3 rings (SSSR count). The van der Waals surface area contributed by atoms with Crippen LogP contribution in [0.15, 0.2) is 28.4 Å². The van der Waals surface area contributed by atoms with Gasteiger partial charge < -0.3 is 20.1 Å². The van der Waals surface area contributed by atoms with Crippen molar-refractivity contribution < 1.29 is 29.2 Å². The van der Waals surface area contributed by atoms with Crippen LogP contribution in [0.25, 0.3) is 0 Å². The second-order valence-corrected chi connectivity index (χ2v) is 8.55. The number of piperidine rings is 1. The molecule has 0 saturated carbocycles. The van der Waals surface area contributed by atoms with E-state index in [1.54, 1.807) is 19.1 Å². The van der Waals surface area contributed by atoms with E-state index in [0.29, 0.717) is 43.8 Å². The van der Waals surface area contributed by atoms with Crippen LogP contribution < -0.4 is 10.2 Å². The SMILES string of the molecule is CCOC(=O)C1CCN(c2ccc(C=NN=C3NC(=O)C(CC(=O)O)S3)cc2[N+](=O)[O-])CC1. The van der Waals surface area contributed by atoms with Crippen molar-refractivity contribution in [1.82, 2.24) is 5.32 Å². The van der Waals surface area contributed by atoms with E-state index in [9.17, 15) is 24.5 Å².